The van der Waals surface area contributed by atoms with Crippen molar-refractivity contribution < 1.29 is 0 Å². The molecule has 3 heteroatoms. The van der Waals surface area contributed by atoms with Crippen LogP contribution in [0.15, 0.2) is 47.1 Å². The first-order valence-corrected chi connectivity index (χ1v) is 4.94. The molecule has 0 aliphatic rings. The van der Waals surface area contributed by atoms with Crippen LogP contribution < -0.4 is 0 Å². The first kappa shape index (κ1) is 9.04. The molecule has 1 heterocycles. The molecule has 0 N–H and O–H groups in total. The smallest absolute Gasteiger partial charge is 0.125 e. The normalized spacial score (nSPS) is 9.71. The maximum absolute atomic E-state index is 8.90. The van der Waals surface area contributed by atoms with Gasteiger partial charge >= 0.3 is 0 Å². The Morgan fingerprint density at radius 3 is 2.57 bits per heavy atom. The van der Waals surface area contributed by atoms with Crippen LogP contribution in [0.3, 0.4) is 0 Å². The third-order valence-corrected chi connectivity index (χ3v) is 2.37. The molecule has 0 spiro atoms. The van der Waals surface area contributed by atoms with E-state index in [9.17, 15) is 0 Å². The van der Waals surface area contributed by atoms with Crippen molar-refractivity contribution in [1.29, 1.82) is 5.26 Å². The van der Waals surface area contributed by atoms with E-state index in [2.05, 4.69) is 22.0 Å². The summed E-state index contributed by atoms with van der Waals surface area (Å²) in [5.41, 5.74) is 1.62. The first-order chi connectivity index (χ1) is 6.81. The maximum atomic E-state index is 8.90. The Morgan fingerprint density at radius 2 is 1.93 bits per heavy atom. The molecule has 0 saturated carbocycles. The number of hydrogen-bond donors (Lipinski definition) is 0. The number of rotatable bonds is 1. The number of halogens is 1. The second-order valence-electron chi connectivity index (χ2n) is 2.86. The summed E-state index contributed by atoms with van der Waals surface area (Å²) in [6.45, 7) is 0. The van der Waals surface area contributed by atoms with Crippen molar-refractivity contribution in [2.45, 2.75) is 0 Å². The Hall–Kier alpha value is -1.53. The fraction of sp³-hybridized carbons (Fsp3) is 0. The van der Waals surface area contributed by atoms with Crippen molar-refractivity contribution in [2.24, 2.45) is 0 Å². The summed E-state index contributed by atoms with van der Waals surface area (Å²) < 4.78 is 2.77. The van der Waals surface area contributed by atoms with Gasteiger partial charge < -0.3 is 4.57 Å². The second kappa shape index (κ2) is 3.69. The minimum absolute atomic E-state index is 0.628. The van der Waals surface area contributed by atoms with Crippen LogP contribution in [-0.2, 0) is 0 Å². The fourth-order valence-electron chi connectivity index (χ4n) is 1.32. The van der Waals surface area contributed by atoms with Crippen LogP contribution in [0.25, 0.3) is 5.69 Å². The molecule has 0 bridgehead atoms. The Balaban J connectivity index is 2.58. The quantitative estimate of drug-likeness (QED) is 0.761. The zero-order valence-corrected chi connectivity index (χ0v) is 8.90. The molecule has 14 heavy (non-hydrogen) atoms. The van der Waals surface area contributed by atoms with Crippen LogP contribution in [0.1, 0.15) is 5.69 Å². The van der Waals surface area contributed by atoms with Gasteiger partial charge in [-0.1, -0.05) is 18.2 Å². The van der Waals surface area contributed by atoms with Crippen molar-refractivity contribution in [3.05, 3.63) is 52.8 Å². The van der Waals surface area contributed by atoms with Gasteiger partial charge in [0.15, 0.2) is 0 Å². The Morgan fingerprint density at radius 1 is 1.21 bits per heavy atom. The number of hydrogen-bond acceptors (Lipinski definition) is 1. The van der Waals surface area contributed by atoms with Gasteiger partial charge in [0.25, 0.3) is 0 Å². The van der Waals surface area contributed by atoms with E-state index < -0.39 is 0 Å². The Bertz CT molecular complexity index is 480. The molecule has 0 radical (unpaired) electrons. The van der Waals surface area contributed by atoms with E-state index in [0.29, 0.717) is 5.69 Å². The van der Waals surface area contributed by atoms with Crippen molar-refractivity contribution in [1.82, 2.24) is 4.57 Å². The van der Waals surface area contributed by atoms with Crippen molar-refractivity contribution in [3.8, 4) is 11.8 Å². The van der Waals surface area contributed by atoms with E-state index >= 15 is 0 Å². The number of benzene rings is 1. The third kappa shape index (κ3) is 1.57. The maximum Gasteiger partial charge on any atom is 0.125 e. The van der Waals surface area contributed by atoms with Gasteiger partial charge in [0, 0.05) is 16.4 Å². The average molecular weight is 247 g/mol. The molecule has 68 valence electrons. The number of aromatic nitrogens is 1. The van der Waals surface area contributed by atoms with Gasteiger partial charge in [0.2, 0.25) is 0 Å². The van der Waals surface area contributed by atoms with E-state index in [1.807, 2.05) is 41.1 Å². The molecule has 0 fully saturated rings. The molecule has 2 rings (SSSR count). The van der Waals surface area contributed by atoms with E-state index in [0.717, 1.165) is 10.2 Å². The minimum Gasteiger partial charge on any atom is -0.307 e. The summed E-state index contributed by atoms with van der Waals surface area (Å²) in [6.07, 6.45) is 1.88. The average Bonchev–Trinajstić information content (AvgIpc) is 2.61. The number of nitriles is 1. The van der Waals surface area contributed by atoms with Crippen LogP contribution in [0.4, 0.5) is 0 Å². The molecule has 0 aliphatic carbocycles. The lowest BCUT2D eigenvalue weighted by Crippen LogP contribution is -1.93. The minimum atomic E-state index is 0.628. The highest BCUT2D eigenvalue weighted by molar-refractivity contribution is 9.10. The van der Waals surface area contributed by atoms with Gasteiger partial charge in [-0.15, -0.1) is 0 Å². The predicted octanol–water partition coefficient (Wildman–Crippen LogP) is 3.11. The number of para-hydroxylation sites is 1. The summed E-state index contributed by atoms with van der Waals surface area (Å²) in [7, 11) is 0. The Labute approximate surface area is 90.5 Å². The molecule has 0 unspecified atom stereocenters. The lowest BCUT2D eigenvalue weighted by Gasteiger charge is -2.02. The van der Waals surface area contributed by atoms with Crippen molar-refractivity contribution in [3.63, 3.8) is 0 Å². The van der Waals surface area contributed by atoms with Gasteiger partial charge in [0.05, 0.1) is 0 Å². The van der Waals surface area contributed by atoms with Gasteiger partial charge in [-0.05, 0) is 34.1 Å². The van der Waals surface area contributed by atoms with Gasteiger partial charge in [-0.25, -0.2) is 0 Å². The molecule has 0 saturated heterocycles. The Kier molecular flexibility index (Phi) is 2.38. The van der Waals surface area contributed by atoms with Crippen molar-refractivity contribution >= 4 is 15.9 Å². The van der Waals surface area contributed by atoms with Crippen LogP contribution in [0, 0.1) is 11.3 Å². The third-order valence-electron chi connectivity index (χ3n) is 1.94. The summed E-state index contributed by atoms with van der Waals surface area (Å²) in [6, 6.07) is 13.7. The largest absolute Gasteiger partial charge is 0.307 e. The SMILES string of the molecule is N#Cc1cc(Br)cn1-c1ccccc1. The molecule has 1 aromatic heterocycles. The van der Waals surface area contributed by atoms with Crippen molar-refractivity contribution in [2.75, 3.05) is 0 Å². The molecule has 0 atom stereocenters. The molecule has 0 amide bonds. The van der Waals surface area contributed by atoms with Gasteiger partial charge in [0.1, 0.15) is 11.8 Å². The van der Waals surface area contributed by atoms with E-state index in [1.54, 1.807) is 6.07 Å². The topological polar surface area (TPSA) is 28.7 Å². The van der Waals surface area contributed by atoms with Crippen LogP contribution in [0.2, 0.25) is 0 Å². The van der Waals surface area contributed by atoms with Crippen LogP contribution >= 0.6 is 15.9 Å². The highest BCUT2D eigenvalue weighted by Crippen LogP contribution is 2.18. The molecule has 1 aromatic carbocycles. The summed E-state index contributed by atoms with van der Waals surface area (Å²) >= 11 is 3.35. The van der Waals surface area contributed by atoms with E-state index in [1.165, 1.54) is 0 Å². The van der Waals surface area contributed by atoms with Crippen LogP contribution in [-0.4, -0.2) is 4.57 Å². The van der Waals surface area contributed by atoms with Gasteiger partial charge in [-0.3, -0.25) is 0 Å². The zero-order valence-electron chi connectivity index (χ0n) is 7.31. The standard InChI is InChI=1S/C11H7BrN2/c12-9-6-11(7-13)14(8-9)10-4-2-1-3-5-10/h1-6,8H. The summed E-state index contributed by atoms with van der Waals surface area (Å²) in [5, 5.41) is 8.90. The van der Waals surface area contributed by atoms with E-state index in [-0.39, 0.29) is 0 Å². The zero-order chi connectivity index (χ0) is 9.97. The first-order valence-electron chi connectivity index (χ1n) is 4.14. The highest BCUT2D eigenvalue weighted by Gasteiger charge is 2.04. The van der Waals surface area contributed by atoms with E-state index in [4.69, 9.17) is 5.26 Å². The molecular weight excluding hydrogens is 240 g/mol. The number of nitrogens with zero attached hydrogens (tertiary/aromatic N) is 2. The van der Waals surface area contributed by atoms with Gasteiger partial charge in [-0.2, -0.15) is 5.26 Å². The summed E-state index contributed by atoms with van der Waals surface area (Å²) in [5.74, 6) is 0. The predicted molar refractivity (Wildman–Crippen MR) is 58.2 cm³/mol. The highest BCUT2D eigenvalue weighted by atomic mass is 79.9. The molecule has 0 aliphatic heterocycles. The second-order valence-corrected chi connectivity index (χ2v) is 3.78. The molecule has 2 aromatic rings. The van der Waals surface area contributed by atoms with Crippen LogP contribution in [0.5, 0.6) is 0 Å². The molecule has 2 nitrogen and oxygen atoms in total. The molecular formula is C11H7BrN2. The summed E-state index contributed by atoms with van der Waals surface area (Å²) in [4.78, 5) is 0. The lowest BCUT2D eigenvalue weighted by molar-refractivity contribution is 1.05. The fourth-order valence-corrected chi connectivity index (χ4v) is 1.74. The monoisotopic (exact) mass is 246 g/mol. The lowest BCUT2D eigenvalue weighted by atomic mass is 10.3.